The van der Waals surface area contributed by atoms with Gasteiger partial charge in [0.2, 0.25) is 0 Å². The summed E-state index contributed by atoms with van der Waals surface area (Å²) in [5.74, 6) is 2.47. The lowest BCUT2D eigenvalue weighted by Crippen LogP contribution is -2.40. The van der Waals surface area contributed by atoms with Gasteiger partial charge < -0.3 is 14.2 Å². The minimum absolute atomic E-state index is 0.0685. The molecule has 3 aromatic rings. The van der Waals surface area contributed by atoms with Crippen LogP contribution in [0.25, 0.3) is 5.69 Å². The van der Waals surface area contributed by atoms with Crippen LogP contribution in [0.2, 0.25) is 0 Å². The number of carbonyl (C=O) groups is 1. The Morgan fingerprint density at radius 1 is 1.24 bits per heavy atom. The lowest BCUT2D eigenvalue weighted by Gasteiger charge is -2.27. The van der Waals surface area contributed by atoms with Crippen LogP contribution in [0, 0.1) is 11.8 Å². The van der Waals surface area contributed by atoms with Crippen molar-refractivity contribution in [2.75, 3.05) is 7.05 Å². The molecular weight excluding hydrogens is 370 g/mol. The van der Waals surface area contributed by atoms with Gasteiger partial charge in [-0.2, -0.15) is 5.10 Å². The van der Waals surface area contributed by atoms with Crippen LogP contribution in [0.3, 0.4) is 0 Å². The van der Waals surface area contributed by atoms with Crippen LogP contribution >= 0.6 is 0 Å². The Kier molecular flexibility index (Phi) is 4.54. The fourth-order valence-corrected chi connectivity index (χ4v) is 3.88. The van der Waals surface area contributed by atoms with Gasteiger partial charge in [-0.3, -0.25) is 4.79 Å². The number of aromatic nitrogens is 4. The lowest BCUT2D eigenvalue weighted by molar-refractivity contribution is 0.0679. The van der Waals surface area contributed by atoms with E-state index >= 15 is 0 Å². The van der Waals surface area contributed by atoms with Crippen molar-refractivity contribution in [2.45, 2.75) is 38.3 Å². The fraction of sp³-hybridized carbons (Fsp3) is 0.429. The van der Waals surface area contributed by atoms with E-state index in [0.717, 1.165) is 5.69 Å². The predicted octanol–water partition coefficient (Wildman–Crippen LogP) is 3.09. The molecule has 2 fully saturated rings. The van der Waals surface area contributed by atoms with Gasteiger partial charge in [0, 0.05) is 19.2 Å². The zero-order valence-electron chi connectivity index (χ0n) is 16.3. The normalized spacial score (nSPS) is 16.2. The molecule has 150 valence electrons. The molecule has 8 heteroatoms. The predicted molar refractivity (Wildman–Crippen MR) is 104 cm³/mol. The third-order valence-corrected chi connectivity index (χ3v) is 5.66. The van der Waals surface area contributed by atoms with E-state index in [1.54, 1.807) is 17.1 Å². The summed E-state index contributed by atoms with van der Waals surface area (Å²) in [7, 11) is 1.89. The van der Waals surface area contributed by atoms with Gasteiger partial charge in [0.15, 0.2) is 11.5 Å². The minimum Gasteiger partial charge on any atom is -0.486 e. The number of amides is 1. The third-order valence-electron chi connectivity index (χ3n) is 5.66. The highest BCUT2D eigenvalue weighted by Crippen LogP contribution is 2.47. The lowest BCUT2D eigenvalue weighted by atomic mass is 10.1. The third kappa shape index (κ3) is 3.87. The summed E-state index contributed by atoms with van der Waals surface area (Å²) >= 11 is 0. The molecule has 29 heavy (non-hydrogen) atoms. The Morgan fingerprint density at radius 3 is 2.59 bits per heavy atom. The highest BCUT2D eigenvalue weighted by atomic mass is 16.5. The van der Waals surface area contributed by atoms with Crippen molar-refractivity contribution in [2.24, 2.45) is 11.8 Å². The maximum atomic E-state index is 12.8. The van der Waals surface area contributed by atoms with E-state index in [9.17, 15) is 4.79 Å². The summed E-state index contributed by atoms with van der Waals surface area (Å²) in [6.45, 7) is 0.210. The molecule has 0 unspecified atom stereocenters. The molecule has 8 nitrogen and oxygen atoms in total. The van der Waals surface area contributed by atoms with E-state index in [1.807, 2.05) is 36.2 Å². The highest BCUT2D eigenvalue weighted by Gasteiger charge is 2.45. The summed E-state index contributed by atoms with van der Waals surface area (Å²) in [5.41, 5.74) is 1.24. The molecule has 1 aromatic carbocycles. The van der Waals surface area contributed by atoms with Crippen molar-refractivity contribution >= 4 is 5.91 Å². The molecule has 2 saturated carbocycles. The molecule has 2 heterocycles. The Bertz CT molecular complexity index is 962. The molecular formula is C21H23N5O3. The van der Waals surface area contributed by atoms with Gasteiger partial charge >= 0.3 is 0 Å². The van der Waals surface area contributed by atoms with Gasteiger partial charge in [-0.1, -0.05) is 5.16 Å². The number of benzene rings is 1. The molecule has 2 aliphatic rings. The first-order valence-electron chi connectivity index (χ1n) is 9.99. The molecule has 2 aliphatic carbocycles. The number of rotatable bonds is 8. The van der Waals surface area contributed by atoms with Crippen LogP contribution in [-0.4, -0.2) is 43.8 Å². The van der Waals surface area contributed by atoms with Crippen LogP contribution in [0.4, 0.5) is 0 Å². The summed E-state index contributed by atoms with van der Waals surface area (Å²) in [6, 6.07) is 9.52. The smallest absolute Gasteiger partial charge is 0.276 e. The minimum atomic E-state index is -0.0685. The average Bonchev–Trinajstić information content (AvgIpc) is 3.66. The molecule has 0 spiro atoms. The second-order valence-electron chi connectivity index (χ2n) is 7.88. The van der Waals surface area contributed by atoms with Gasteiger partial charge in [0.05, 0.1) is 5.69 Å². The Balaban J connectivity index is 1.19. The molecule has 0 radical (unpaired) electrons. The van der Waals surface area contributed by atoms with Gasteiger partial charge in [-0.25, -0.2) is 9.67 Å². The quantitative estimate of drug-likeness (QED) is 0.585. The Morgan fingerprint density at radius 2 is 1.97 bits per heavy atom. The van der Waals surface area contributed by atoms with E-state index in [1.165, 1.54) is 32.0 Å². The summed E-state index contributed by atoms with van der Waals surface area (Å²) in [5, 5.41) is 8.06. The topological polar surface area (TPSA) is 86.3 Å². The molecule has 0 N–H and O–H groups in total. The van der Waals surface area contributed by atoms with Crippen LogP contribution < -0.4 is 4.74 Å². The van der Waals surface area contributed by atoms with Crippen LogP contribution in [-0.2, 0) is 6.61 Å². The van der Waals surface area contributed by atoms with E-state index in [2.05, 4.69) is 15.2 Å². The average molecular weight is 393 g/mol. The van der Waals surface area contributed by atoms with Gasteiger partial charge in [-0.05, 0) is 61.8 Å². The fourth-order valence-electron chi connectivity index (χ4n) is 3.88. The number of nitrogens with zero attached hydrogens (tertiary/aromatic N) is 5. The summed E-state index contributed by atoms with van der Waals surface area (Å²) in [6.07, 6.45) is 8.04. The van der Waals surface area contributed by atoms with Crippen LogP contribution in [0.1, 0.15) is 41.9 Å². The monoisotopic (exact) mass is 393 g/mol. The standard InChI is InChI=1S/C21H23N5O3/c1-25(20(14-2-3-14)15-4-5-15)21(27)19-10-18(29-24-19)11-28-17-8-6-16(7-9-17)26-13-22-12-23-26/h6-10,12-15,20H,2-5,11H2,1H3. The van der Waals surface area contributed by atoms with Crippen molar-refractivity contribution < 1.29 is 14.1 Å². The largest absolute Gasteiger partial charge is 0.486 e. The summed E-state index contributed by atoms with van der Waals surface area (Å²) in [4.78, 5) is 18.6. The highest BCUT2D eigenvalue weighted by molar-refractivity contribution is 5.92. The number of ether oxygens (including phenoxy) is 1. The number of hydrogen-bond acceptors (Lipinski definition) is 6. The van der Waals surface area contributed by atoms with Gasteiger partial charge in [0.25, 0.3) is 5.91 Å². The Labute approximate surface area is 168 Å². The zero-order chi connectivity index (χ0) is 19.8. The number of carbonyl (C=O) groups excluding carboxylic acids is 1. The van der Waals surface area contributed by atoms with E-state index in [4.69, 9.17) is 9.26 Å². The first-order chi connectivity index (χ1) is 14.2. The second-order valence-corrected chi connectivity index (χ2v) is 7.88. The van der Waals surface area contributed by atoms with Crippen LogP contribution in [0.15, 0.2) is 47.5 Å². The molecule has 0 saturated heterocycles. The van der Waals surface area contributed by atoms with Crippen molar-refractivity contribution in [3.8, 4) is 11.4 Å². The SMILES string of the molecule is CN(C(=O)c1cc(COc2ccc(-n3cncn3)cc2)on1)C(C1CC1)C1CC1. The second kappa shape index (κ2) is 7.35. The first kappa shape index (κ1) is 17.9. The molecule has 1 amide bonds. The molecule has 2 aromatic heterocycles. The van der Waals surface area contributed by atoms with E-state index in [0.29, 0.717) is 35.1 Å². The molecule has 0 atom stereocenters. The molecule has 0 aliphatic heterocycles. The zero-order valence-corrected chi connectivity index (χ0v) is 16.3. The van der Waals surface area contributed by atoms with Crippen molar-refractivity contribution in [1.82, 2.24) is 24.8 Å². The first-order valence-corrected chi connectivity index (χ1v) is 9.99. The molecule has 0 bridgehead atoms. The maximum Gasteiger partial charge on any atom is 0.276 e. The number of hydrogen-bond donors (Lipinski definition) is 0. The molecule has 5 rings (SSSR count). The van der Waals surface area contributed by atoms with Gasteiger partial charge in [0.1, 0.15) is 25.0 Å². The van der Waals surface area contributed by atoms with Crippen molar-refractivity contribution in [1.29, 1.82) is 0 Å². The van der Waals surface area contributed by atoms with Crippen LogP contribution in [0.5, 0.6) is 5.75 Å². The Hall–Kier alpha value is -3.16. The van der Waals surface area contributed by atoms with Crippen molar-refractivity contribution in [3.63, 3.8) is 0 Å². The summed E-state index contributed by atoms with van der Waals surface area (Å²) < 4.78 is 12.8. The maximum absolute atomic E-state index is 12.8. The van der Waals surface area contributed by atoms with Gasteiger partial charge in [-0.15, -0.1) is 0 Å². The van der Waals surface area contributed by atoms with E-state index < -0.39 is 0 Å². The van der Waals surface area contributed by atoms with E-state index in [-0.39, 0.29) is 12.5 Å². The van der Waals surface area contributed by atoms with Crippen molar-refractivity contribution in [3.05, 3.63) is 54.4 Å².